The number of phenols is 1. The maximum atomic E-state index is 13.6. The molecule has 3 aromatic rings. The molecular weight excluding hydrogens is 283 g/mol. The molecule has 0 saturated heterocycles. The molecule has 3 rings (SSSR count). The molecule has 0 saturated carbocycles. The minimum atomic E-state index is -0.732. The number of amides is 1. The maximum absolute atomic E-state index is 13.6. The van der Waals surface area contributed by atoms with Gasteiger partial charge in [0.2, 0.25) is 0 Å². The van der Waals surface area contributed by atoms with Gasteiger partial charge in [-0.25, -0.2) is 4.39 Å². The molecule has 0 atom stereocenters. The van der Waals surface area contributed by atoms with Crippen LogP contribution in [-0.4, -0.2) is 22.5 Å². The van der Waals surface area contributed by atoms with Crippen LogP contribution in [0.15, 0.2) is 48.7 Å². The normalized spacial score (nSPS) is 10.8. The zero-order chi connectivity index (χ0) is 15.5. The van der Waals surface area contributed by atoms with E-state index in [1.165, 1.54) is 12.1 Å². The highest BCUT2D eigenvalue weighted by atomic mass is 19.1. The van der Waals surface area contributed by atoms with E-state index < -0.39 is 11.7 Å². The molecule has 1 aromatic heterocycles. The molecule has 0 unspecified atom stereocenters. The molecule has 1 heterocycles. The van der Waals surface area contributed by atoms with Gasteiger partial charge in [0, 0.05) is 23.6 Å². The number of H-pyrrole nitrogens is 1. The minimum absolute atomic E-state index is 0.318. The van der Waals surface area contributed by atoms with Gasteiger partial charge in [-0.1, -0.05) is 24.3 Å². The molecule has 5 heteroatoms. The SMILES string of the molecule is O=C(NCCc1c[nH]c2ccccc12)c1c(O)cccc1F. The zero-order valence-corrected chi connectivity index (χ0v) is 11.8. The number of hydrogen-bond donors (Lipinski definition) is 3. The minimum Gasteiger partial charge on any atom is -0.507 e. The number of halogens is 1. The van der Waals surface area contributed by atoms with E-state index in [9.17, 15) is 14.3 Å². The van der Waals surface area contributed by atoms with Crippen LogP contribution >= 0.6 is 0 Å². The molecule has 0 aliphatic rings. The highest BCUT2D eigenvalue weighted by Crippen LogP contribution is 2.20. The van der Waals surface area contributed by atoms with Gasteiger partial charge in [-0.05, 0) is 30.2 Å². The molecule has 0 bridgehead atoms. The molecule has 0 aliphatic heterocycles. The first-order chi connectivity index (χ1) is 10.7. The van der Waals surface area contributed by atoms with Crippen molar-refractivity contribution in [1.82, 2.24) is 10.3 Å². The van der Waals surface area contributed by atoms with Crippen molar-refractivity contribution in [2.24, 2.45) is 0 Å². The molecule has 0 fully saturated rings. The van der Waals surface area contributed by atoms with Gasteiger partial charge in [0.05, 0.1) is 0 Å². The second-order valence-electron chi connectivity index (χ2n) is 5.00. The number of rotatable bonds is 4. The van der Waals surface area contributed by atoms with Gasteiger partial charge in [-0.3, -0.25) is 4.79 Å². The predicted molar refractivity (Wildman–Crippen MR) is 82.4 cm³/mol. The Bertz CT molecular complexity index is 806. The lowest BCUT2D eigenvalue weighted by Gasteiger charge is -2.07. The van der Waals surface area contributed by atoms with Gasteiger partial charge in [0.25, 0.3) is 5.91 Å². The number of para-hydroxylation sites is 1. The van der Waals surface area contributed by atoms with E-state index in [-0.39, 0.29) is 11.3 Å². The van der Waals surface area contributed by atoms with E-state index in [2.05, 4.69) is 10.3 Å². The first kappa shape index (κ1) is 14.1. The Kier molecular flexibility index (Phi) is 3.78. The number of aromatic hydroxyl groups is 1. The van der Waals surface area contributed by atoms with Gasteiger partial charge in [-0.2, -0.15) is 0 Å². The number of aromatic nitrogens is 1. The number of benzene rings is 2. The van der Waals surface area contributed by atoms with Crippen molar-refractivity contribution >= 4 is 16.8 Å². The summed E-state index contributed by atoms with van der Waals surface area (Å²) in [6, 6.07) is 11.7. The Labute approximate surface area is 126 Å². The molecule has 1 amide bonds. The number of phenolic OH excluding ortho intramolecular Hbond substituents is 1. The lowest BCUT2D eigenvalue weighted by molar-refractivity contribution is 0.0947. The molecule has 22 heavy (non-hydrogen) atoms. The van der Waals surface area contributed by atoms with Gasteiger partial charge in [0.15, 0.2) is 0 Å². The van der Waals surface area contributed by atoms with Gasteiger partial charge < -0.3 is 15.4 Å². The molecule has 0 aliphatic carbocycles. The number of fused-ring (bicyclic) bond motifs is 1. The molecule has 0 radical (unpaired) electrons. The van der Waals surface area contributed by atoms with Gasteiger partial charge >= 0.3 is 0 Å². The lowest BCUT2D eigenvalue weighted by Crippen LogP contribution is -2.26. The Hall–Kier alpha value is -2.82. The average molecular weight is 298 g/mol. The molecule has 112 valence electrons. The van der Waals surface area contributed by atoms with Crippen molar-refractivity contribution in [3.8, 4) is 5.75 Å². The summed E-state index contributed by atoms with van der Waals surface area (Å²) in [6.45, 7) is 0.356. The molecule has 2 aromatic carbocycles. The molecular formula is C17H15FN2O2. The summed E-state index contributed by atoms with van der Waals surface area (Å²) in [5.74, 6) is -1.70. The first-order valence-corrected chi connectivity index (χ1v) is 6.97. The van der Waals surface area contributed by atoms with Crippen LogP contribution in [0.25, 0.3) is 10.9 Å². The van der Waals surface area contributed by atoms with Crippen molar-refractivity contribution in [2.45, 2.75) is 6.42 Å². The second kappa shape index (κ2) is 5.89. The summed E-state index contributed by atoms with van der Waals surface area (Å²) < 4.78 is 13.6. The standard InChI is InChI=1S/C17H15FN2O2/c18-13-5-3-7-15(21)16(13)17(22)19-9-8-11-10-20-14-6-2-1-4-12(11)14/h1-7,10,20-21H,8-9H2,(H,19,22). The number of carbonyl (C=O) groups is 1. The van der Waals surface area contributed by atoms with E-state index in [0.29, 0.717) is 13.0 Å². The summed E-state index contributed by atoms with van der Waals surface area (Å²) in [7, 11) is 0. The zero-order valence-electron chi connectivity index (χ0n) is 11.8. The number of carbonyl (C=O) groups excluding carboxylic acids is 1. The average Bonchev–Trinajstić information content (AvgIpc) is 2.91. The van der Waals surface area contributed by atoms with E-state index in [4.69, 9.17) is 0 Å². The van der Waals surface area contributed by atoms with Crippen LogP contribution in [0.4, 0.5) is 4.39 Å². The summed E-state index contributed by atoms with van der Waals surface area (Å²) in [5, 5.41) is 13.3. The van der Waals surface area contributed by atoms with Crippen molar-refractivity contribution in [1.29, 1.82) is 0 Å². The third-order valence-electron chi connectivity index (χ3n) is 3.57. The third-order valence-corrected chi connectivity index (χ3v) is 3.57. The smallest absolute Gasteiger partial charge is 0.258 e. The monoisotopic (exact) mass is 298 g/mol. The largest absolute Gasteiger partial charge is 0.507 e. The van der Waals surface area contributed by atoms with Crippen LogP contribution < -0.4 is 5.32 Å². The summed E-state index contributed by atoms with van der Waals surface area (Å²) in [5.41, 5.74) is 1.80. The number of nitrogens with one attached hydrogen (secondary N) is 2. The Balaban J connectivity index is 1.67. The fourth-order valence-corrected chi connectivity index (χ4v) is 2.48. The fourth-order valence-electron chi connectivity index (χ4n) is 2.48. The van der Waals surface area contributed by atoms with Gasteiger partial charge in [0.1, 0.15) is 17.1 Å². The lowest BCUT2D eigenvalue weighted by atomic mass is 10.1. The third kappa shape index (κ3) is 2.65. The fraction of sp³-hybridized carbons (Fsp3) is 0.118. The molecule has 4 nitrogen and oxygen atoms in total. The van der Waals surface area contributed by atoms with E-state index in [1.54, 1.807) is 0 Å². The Morgan fingerprint density at radius 2 is 2.00 bits per heavy atom. The van der Waals surface area contributed by atoms with Crippen LogP contribution in [-0.2, 0) is 6.42 Å². The quantitative estimate of drug-likeness (QED) is 0.693. The van der Waals surface area contributed by atoms with Crippen LogP contribution in [0.2, 0.25) is 0 Å². The summed E-state index contributed by atoms with van der Waals surface area (Å²) in [4.78, 5) is 15.1. The highest BCUT2D eigenvalue weighted by Gasteiger charge is 2.16. The van der Waals surface area contributed by atoms with Crippen LogP contribution in [0.5, 0.6) is 5.75 Å². The summed E-state index contributed by atoms with van der Waals surface area (Å²) >= 11 is 0. The maximum Gasteiger partial charge on any atom is 0.258 e. The van der Waals surface area contributed by atoms with E-state index in [0.717, 1.165) is 22.5 Å². The Morgan fingerprint density at radius 3 is 2.82 bits per heavy atom. The number of hydrogen-bond acceptors (Lipinski definition) is 2. The van der Waals surface area contributed by atoms with E-state index >= 15 is 0 Å². The van der Waals surface area contributed by atoms with Crippen molar-refractivity contribution < 1.29 is 14.3 Å². The van der Waals surface area contributed by atoms with Crippen molar-refractivity contribution in [2.75, 3.05) is 6.54 Å². The highest BCUT2D eigenvalue weighted by molar-refractivity contribution is 5.97. The molecule has 3 N–H and O–H groups in total. The topological polar surface area (TPSA) is 65.1 Å². The van der Waals surface area contributed by atoms with Crippen LogP contribution in [0.1, 0.15) is 15.9 Å². The van der Waals surface area contributed by atoms with Crippen molar-refractivity contribution in [3.05, 3.63) is 65.6 Å². The molecule has 0 spiro atoms. The summed E-state index contributed by atoms with van der Waals surface area (Å²) in [6.07, 6.45) is 2.52. The Morgan fingerprint density at radius 1 is 1.18 bits per heavy atom. The number of aromatic amines is 1. The second-order valence-corrected chi connectivity index (χ2v) is 5.00. The first-order valence-electron chi connectivity index (χ1n) is 6.97. The van der Waals surface area contributed by atoms with E-state index in [1.807, 2.05) is 30.5 Å². The predicted octanol–water partition coefficient (Wildman–Crippen LogP) is 2.99. The van der Waals surface area contributed by atoms with Crippen LogP contribution in [0, 0.1) is 5.82 Å². The van der Waals surface area contributed by atoms with Crippen LogP contribution in [0.3, 0.4) is 0 Å². The van der Waals surface area contributed by atoms with Crippen molar-refractivity contribution in [3.63, 3.8) is 0 Å². The van der Waals surface area contributed by atoms with Gasteiger partial charge in [-0.15, -0.1) is 0 Å².